The number of rotatable bonds is 1. The molecule has 2 aromatic rings. The lowest BCUT2D eigenvalue weighted by atomic mass is 9.89. The summed E-state index contributed by atoms with van der Waals surface area (Å²) in [5.74, 6) is 1.11. The molecule has 0 saturated carbocycles. The summed E-state index contributed by atoms with van der Waals surface area (Å²) in [5, 5.41) is 4.95. The summed E-state index contributed by atoms with van der Waals surface area (Å²) in [7, 11) is 3.67. The Morgan fingerprint density at radius 2 is 2.00 bits per heavy atom. The zero-order valence-electron chi connectivity index (χ0n) is 13.9. The highest BCUT2D eigenvalue weighted by Crippen LogP contribution is 2.32. The van der Waals surface area contributed by atoms with Crippen LogP contribution in [0.15, 0.2) is 6.20 Å². The Hall–Kier alpha value is -2.42. The van der Waals surface area contributed by atoms with E-state index in [-0.39, 0.29) is 18.1 Å². The molecule has 4 heterocycles. The average molecular weight is 331 g/mol. The molecule has 2 N–H and O–H groups in total. The number of hydrogen-bond acceptors (Lipinski definition) is 7. The number of morpholine rings is 1. The zero-order chi connectivity index (χ0) is 16.9. The molecule has 0 atom stereocenters. The van der Waals surface area contributed by atoms with Gasteiger partial charge in [0.25, 0.3) is 0 Å². The lowest BCUT2D eigenvalue weighted by molar-refractivity contribution is -0.164. The third-order valence-electron chi connectivity index (χ3n) is 5.02. The van der Waals surface area contributed by atoms with E-state index in [2.05, 4.69) is 20.0 Å². The van der Waals surface area contributed by atoms with Gasteiger partial charge in [-0.05, 0) is 12.8 Å². The highest BCUT2D eigenvalue weighted by atomic mass is 16.5. The third kappa shape index (κ3) is 2.35. The molecule has 0 unspecified atom stereocenters. The van der Waals surface area contributed by atoms with Crippen molar-refractivity contribution in [2.45, 2.75) is 18.4 Å². The molecule has 4 rings (SSSR count). The molecular formula is C15H21N7O2. The van der Waals surface area contributed by atoms with Crippen molar-refractivity contribution in [3.8, 4) is 0 Å². The van der Waals surface area contributed by atoms with Crippen molar-refractivity contribution in [2.24, 2.45) is 7.05 Å². The Balaban J connectivity index is 1.54. The second-order valence-corrected chi connectivity index (χ2v) is 6.62. The van der Waals surface area contributed by atoms with Crippen LogP contribution in [0.4, 0.5) is 11.8 Å². The number of piperidine rings is 1. The first-order chi connectivity index (χ1) is 11.5. The summed E-state index contributed by atoms with van der Waals surface area (Å²) >= 11 is 0. The molecule has 2 fully saturated rings. The van der Waals surface area contributed by atoms with Gasteiger partial charge < -0.3 is 20.3 Å². The van der Waals surface area contributed by atoms with Crippen LogP contribution in [0.1, 0.15) is 12.8 Å². The summed E-state index contributed by atoms with van der Waals surface area (Å²) in [6, 6.07) is 0. The summed E-state index contributed by atoms with van der Waals surface area (Å²) in [6.07, 6.45) is 3.34. The van der Waals surface area contributed by atoms with Gasteiger partial charge in [-0.15, -0.1) is 0 Å². The van der Waals surface area contributed by atoms with Gasteiger partial charge in [0.15, 0.2) is 5.65 Å². The van der Waals surface area contributed by atoms with Gasteiger partial charge in [0.2, 0.25) is 11.9 Å². The Labute approximate surface area is 139 Å². The van der Waals surface area contributed by atoms with Crippen LogP contribution in [0.3, 0.4) is 0 Å². The van der Waals surface area contributed by atoms with Gasteiger partial charge in [-0.3, -0.25) is 9.48 Å². The predicted molar refractivity (Wildman–Crippen MR) is 88.5 cm³/mol. The molecule has 0 aromatic carbocycles. The molecule has 128 valence electrons. The zero-order valence-corrected chi connectivity index (χ0v) is 13.9. The number of nitrogen functional groups attached to an aromatic ring is 1. The molecular weight excluding hydrogens is 310 g/mol. The molecule has 2 saturated heterocycles. The van der Waals surface area contributed by atoms with Crippen LogP contribution in [0.2, 0.25) is 0 Å². The lowest BCUT2D eigenvalue weighted by Crippen LogP contribution is -2.57. The number of aryl methyl sites for hydroxylation is 1. The van der Waals surface area contributed by atoms with E-state index in [0.29, 0.717) is 18.3 Å². The minimum atomic E-state index is -0.249. The largest absolute Gasteiger partial charge is 0.383 e. The molecule has 2 aliphatic rings. The fourth-order valence-corrected chi connectivity index (χ4v) is 3.48. The van der Waals surface area contributed by atoms with E-state index in [0.717, 1.165) is 37.0 Å². The number of fused-ring (bicyclic) bond motifs is 1. The second kappa shape index (κ2) is 5.30. The van der Waals surface area contributed by atoms with E-state index >= 15 is 0 Å². The maximum Gasteiger partial charge on any atom is 0.248 e. The van der Waals surface area contributed by atoms with Crippen molar-refractivity contribution in [2.75, 3.05) is 43.9 Å². The maximum atomic E-state index is 11.6. The second-order valence-electron chi connectivity index (χ2n) is 6.62. The Kier molecular flexibility index (Phi) is 3.34. The average Bonchev–Trinajstić information content (AvgIpc) is 2.94. The topological polar surface area (TPSA) is 102 Å². The maximum absolute atomic E-state index is 11.6. The fraction of sp³-hybridized carbons (Fsp3) is 0.600. The summed E-state index contributed by atoms with van der Waals surface area (Å²) in [4.78, 5) is 24.5. The summed E-state index contributed by atoms with van der Waals surface area (Å²) in [5.41, 5.74) is 6.53. The normalized spacial score (nSPS) is 21.0. The smallest absolute Gasteiger partial charge is 0.248 e. The van der Waals surface area contributed by atoms with Gasteiger partial charge in [0.1, 0.15) is 12.4 Å². The van der Waals surface area contributed by atoms with Crippen LogP contribution < -0.4 is 10.6 Å². The minimum absolute atomic E-state index is 0.0424. The molecule has 0 bridgehead atoms. The van der Waals surface area contributed by atoms with E-state index in [9.17, 15) is 4.79 Å². The fourth-order valence-electron chi connectivity index (χ4n) is 3.48. The van der Waals surface area contributed by atoms with Gasteiger partial charge in [-0.2, -0.15) is 15.1 Å². The third-order valence-corrected chi connectivity index (χ3v) is 5.02. The van der Waals surface area contributed by atoms with E-state index in [4.69, 9.17) is 10.5 Å². The van der Waals surface area contributed by atoms with Gasteiger partial charge in [0, 0.05) is 33.7 Å². The molecule has 24 heavy (non-hydrogen) atoms. The van der Waals surface area contributed by atoms with Crippen molar-refractivity contribution in [3.05, 3.63) is 6.20 Å². The number of nitrogens with two attached hydrogens (primary N) is 1. The number of nitrogens with zero attached hydrogens (tertiary/aromatic N) is 6. The molecule has 2 aliphatic heterocycles. The van der Waals surface area contributed by atoms with Gasteiger partial charge in [-0.1, -0.05) is 0 Å². The molecule has 0 aliphatic carbocycles. The van der Waals surface area contributed by atoms with Gasteiger partial charge in [-0.25, -0.2) is 0 Å². The van der Waals surface area contributed by atoms with E-state index < -0.39 is 0 Å². The van der Waals surface area contributed by atoms with E-state index in [1.54, 1.807) is 15.8 Å². The number of anilines is 2. The molecule has 9 heteroatoms. The summed E-state index contributed by atoms with van der Waals surface area (Å²) < 4.78 is 7.58. The summed E-state index contributed by atoms with van der Waals surface area (Å²) in [6.45, 7) is 2.35. The monoisotopic (exact) mass is 331 g/mol. The Morgan fingerprint density at radius 3 is 2.71 bits per heavy atom. The minimum Gasteiger partial charge on any atom is -0.383 e. The molecule has 2 aromatic heterocycles. The van der Waals surface area contributed by atoms with E-state index in [1.807, 2.05) is 14.1 Å². The first-order valence-electron chi connectivity index (χ1n) is 8.06. The van der Waals surface area contributed by atoms with Crippen LogP contribution >= 0.6 is 0 Å². The van der Waals surface area contributed by atoms with Crippen LogP contribution in [0.5, 0.6) is 0 Å². The van der Waals surface area contributed by atoms with Crippen LogP contribution in [0.25, 0.3) is 11.0 Å². The highest BCUT2D eigenvalue weighted by Gasteiger charge is 2.41. The van der Waals surface area contributed by atoms with Crippen molar-refractivity contribution >= 4 is 28.7 Å². The predicted octanol–water partition coefficient (Wildman–Crippen LogP) is -0.227. The Morgan fingerprint density at radius 1 is 1.25 bits per heavy atom. The molecule has 1 amide bonds. The molecule has 0 radical (unpaired) electrons. The van der Waals surface area contributed by atoms with Crippen molar-refractivity contribution in [1.82, 2.24) is 24.6 Å². The standard InChI is InChI=1S/C15H21N7O2/c1-20-9-15(24-8-11(20)23)3-5-22(6-4-15)14-18-12(16)10-7-17-21(2)13(10)19-14/h7H,3-6,8-9H2,1-2H3,(H2,16,18,19). The van der Waals surface area contributed by atoms with Crippen molar-refractivity contribution in [3.63, 3.8) is 0 Å². The number of hydrogen-bond donors (Lipinski definition) is 1. The lowest BCUT2D eigenvalue weighted by Gasteiger charge is -2.46. The SMILES string of the molecule is CN1CC2(CCN(c3nc(N)c4cnn(C)c4n3)CC2)OCC1=O. The van der Waals surface area contributed by atoms with Gasteiger partial charge in [0.05, 0.1) is 17.2 Å². The van der Waals surface area contributed by atoms with Crippen LogP contribution in [-0.4, -0.2) is 69.4 Å². The number of carbonyl (C=O) groups excluding carboxylic acids is 1. The molecule has 9 nitrogen and oxygen atoms in total. The number of likely N-dealkylation sites (N-methyl/N-ethyl adjacent to an activating group) is 1. The first kappa shape index (κ1) is 15.1. The van der Waals surface area contributed by atoms with Crippen molar-refractivity contribution in [1.29, 1.82) is 0 Å². The quantitative estimate of drug-likeness (QED) is 0.770. The van der Waals surface area contributed by atoms with E-state index in [1.165, 1.54) is 0 Å². The number of aromatic nitrogens is 4. The van der Waals surface area contributed by atoms with Crippen molar-refractivity contribution < 1.29 is 9.53 Å². The van der Waals surface area contributed by atoms with Crippen LogP contribution in [-0.2, 0) is 16.6 Å². The van der Waals surface area contributed by atoms with Crippen LogP contribution in [0, 0.1) is 0 Å². The Bertz CT molecular complexity index is 794. The number of carbonyl (C=O) groups is 1. The first-order valence-corrected chi connectivity index (χ1v) is 8.06. The number of ether oxygens (including phenoxy) is 1. The van der Waals surface area contributed by atoms with Gasteiger partial charge >= 0.3 is 0 Å². The molecule has 1 spiro atoms. The number of amides is 1. The highest BCUT2D eigenvalue weighted by molar-refractivity contribution is 5.86.